The number of ketones is 2. The number of alkyl halides is 1. The first-order valence-corrected chi connectivity index (χ1v) is 47.4. The van der Waals surface area contributed by atoms with Crippen LogP contribution < -0.4 is 8.85 Å². The fourth-order valence-electron chi connectivity index (χ4n) is 6.76. The van der Waals surface area contributed by atoms with Gasteiger partial charge in [-0.1, -0.05) is 144 Å². The molecule has 0 aliphatic rings. The van der Waals surface area contributed by atoms with Gasteiger partial charge in [-0.05, 0) is 123 Å². The summed E-state index contributed by atoms with van der Waals surface area (Å²) in [5.41, 5.74) is 2.24. The zero-order valence-electron chi connectivity index (χ0n) is 68.2. The third kappa shape index (κ3) is 42.1. The van der Waals surface area contributed by atoms with Crippen LogP contribution >= 0.6 is 61.8 Å². The summed E-state index contributed by atoms with van der Waals surface area (Å²) in [6.07, 6.45) is 8.12. The fraction of sp³-hybridized carbons (Fsp3) is 0.500. The zero-order chi connectivity index (χ0) is 85.3. The summed E-state index contributed by atoms with van der Waals surface area (Å²) >= 11 is 29.4. The molecule has 22 nitrogen and oxygen atoms in total. The number of phenolic OH excluding ortho intramolecular Hbond substituents is 6. The van der Waals surface area contributed by atoms with Gasteiger partial charge in [0.15, 0.2) is 7.38 Å². The fourth-order valence-corrected chi connectivity index (χ4v) is 9.53. The van der Waals surface area contributed by atoms with Gasteiger partial charge in [-0.25, -0.2) is 19.2 Å². The zero-order valence-corrected chi connectivity index (χ0v) is 78.7. The van der Waals surface area contributed by atoms with Gasteiger partial charge >= 0.3 is 76.1 Å². The minimum atomic E-state index is -2.19. The minimum absolute atomic E-state index is 0. The summed E-state index contributed by atoms with van der Waals surface area (Å²) in [7, 11) is 1.83. The van der Waals surface area contributed by atoms with Crippen molar-refractivity contribution in [2.24, 2.45) is 0 Å². The topological polar surface area (TPSA) is 332 Å². The molecule has 0 aliphatic heterocycles. The second-order valence-electron chi connectivity index (χ2n) is 27.7. The van der Waals surface area contributed by atoms with Crippen molar-refractivity contribution in [3.05, 3.63) is 128 Å². The van der Waals surface area contributed by atoms with Crippen molar-refractivity contribution in [1.29, 1.82) is 0 Å². The van der Waals surface area contributed by atoms with Gasteiger partial charge in [-0.15, -0.1) is 19.7 Å². The van der Waals surface area contributed by atoms with E-state index in [1.54, 1.807) is 53.7 Å². The molecule has 0 heterocycles. The number of aryl methyl sites for hydroxylation is 1. The van der Waals surface area contributed by atoms with Crippen LogP contribution in [0.2, 0.25) is 73.9 Å². The molecule has 0 spiro atoms. The molecule has 0 fully saturated rings. The summed E-state index contributed by atoms with van der Waals surface area (Å²) in [6.45, 7) is 51.4. The number of aromatic hydroxyl groups is 6. The van der Waals surface area contributed by atoms with Gasteiger partial charge in [0.2, 0.25) is 0 Å². The number of phenols is 6. The van der Waals surface area contributed by atoms with Gasteiger partial charge in [0, 0.05) is 48.5 Å². The predicted octanol–water partition coefficient (Wildman–Crippen LogP) is 19.4. The Labute approximate surface area is 697 Å². The molecule has 0 saturated carbocycles. The predicted molar refractivity (Wildman–Crippen MR) is 447 cm³/mol. The van der Waals surface area contributed by atoms with Crippen molar-refractivity contribution in [3.8, 4) is 46.0 Å². The van der Waals surface area contributed by atoms with Crippen molar-refractivity contribution < 1.29 is 106 Å². The number of halogens is 5. The van der Waals surface area contributed by atoms with Crippen LogP contribution in [0.1, 0.15) is 179 Å². The van der Waals surface area contributed by atoms with Crippen LogP contribution in [-0.2, 0) is 60.4 Å². The van der Waals surface area contributed by atoms with Crippen LogP contribution in [0.25, 0.3) is 0 Å². The number of allylic oxidation sites excluding steroid dienone is 3. The van der Waals surface area contributed by atoms with E-state index in [0.717, 1.165) is 23.5 Å². The van der Waals surface area contributed by atoms with E-state index in [1.807, 2.05) is 6.92 Å². The van der Waals surface area contributed by atoms with Gasteiger partial charge in [-0.3, -0.25) is 19.2 Å². The van der Waals surface area contributed by atoms with Crippen molar-refractivity contribution in [2.75, 3.05) is 48.0 Å². The Kier molecular flexibility index (Phi) is 57.6. The molecule has 32 heteroatoms. The van der Waals surface area contributed by atoms with Crippen LogP contribution in [0.3, 0.4) is 0 Å². The average molecular weight is 1810 g/mol. The Bertz CT molecular complexity index is 3430. The van der Waals surface area contributed by atoms with Crippen molar-refractivity contribution in [3.63, 3.8) is 0 Å². The average Bonchev–Trinajstić information content (AvgIpc) is 0.772. The molecule has 604 valence electrons. The number of hydrogen-bond acceptors (Lipinski definition) is 22. The molecule has 0 saturated heterocycles. The van der Waals surface area contributed by atoms with E-state index in [-0.39, 0.29) is 115 Å². The van der Waals surface area contributed by atoms with E-state index < -0.39 is 59.8 Å². The number of carbonyl (C=O) groups excluding carboxylic acids is 8. The van der Waals surface area contributed by atoms with E-state index in [4.69, 9.17) is 64.6 Å². The molecule has 4 rings (SSSR count). The van der Waals surface area contributed by atoms with Gasteiger partial charge in [-0.2, -0.15) is 11.1 Å². The Morgan fingerprint density at radius 2 is 0.787 bits per heavy atom. The quantitative estimate of drug-likeness (QED) is 0.00910. The molecule has 6 N–H and O–H groups in total. The Morgan fingerprint density at radius 1 is 0.491 bits per heavy atom. The third-order valence-electron chi connectivity index (χ3n) is 15.9. The number of Topliss-reactive ketones (excluding diaryl/α,β-unsaturated/α-hetero) is 2. The summed E-state index contributed by atoms with van der Waals surface area (Å²) in [5, 5.41) is 58.4. The molecule has 4 aromatic rings. The maximum Gasteiger partial charge on any atom is 0.341 e. The molecule has 0 amide bonds. The van der Waals surface area contributed by atoms with E-state index >= 15 is 0 Å². The first-order valence-electron chi connectivity index (χ1n) is 33.3. The standard InChI is InChI=1S/C21H37ClO4Si2.2C12H13ClO4.C9H10O4.C6H15ClSi.2C5H8O3.C3H5Br.C3H7.Li.Sn/c1-14-17(19(23)24-8)15(25-27(9,10)20(2,3)4)13-16(18(14)22)26-28(11,12)21(5,6)7;2*1-3-4-5-7-10(12(16)17-2)8(14)6-9(15)11(7)13;1-5-3-6(10)4-7(11)8(5)9(12)13-2;1-6(2,3)8(4,5)7;2*1-4(6)3-5(7)8-2;1-2-3-4;1-3-2;;/h13H,1-12H3;2*3,6,14-15H,1,4-5H2,2H3;3-4,10-11H,1-2H3;1-5H3;2*3H2,1-2H3;2H,1,3H2;1,3H2,2H3;;. The van der Waals surface area contributed by atoms with E-state index in [1.165, 1.54) is 73.4 Å². The van der Waals surface area contributed by atoms with Gasteiger partial charge in [0.1, 0.15) is 92.7 Å². The van der Waals surface area contributed by atoms with Gasteiger partial charge in [0.05, 0.1) is 57.7 Å². The maximum atomic E-state index is 12.5. The summed E-state index contributed by atoms with van der Waals surface area (Å²) < 4.78 is 41.4. The van der Waals surface area contributed by atoms with E-state index in [2.05, 4.69) is 168 Å². The summed E-state index contributed by atoms with van der Waals surface area (Å²) in [5.74, 6) is -4.26. The van der Waals surface area contributed by atoms with Crippen LogP contribution in [0.5, 0.6) is 46.0 Å². The molecular weight excluding hydrogens is 1700 g/mol. The molecule has 0 aliphatic carbocycles. The number of carbonyl (C=O) groups is 8. The largest absolute Gasteiger partial charge is 0.543 e. The number of rotatable bonds is 20. The first-order chi connectivity index (χ1) is 48.9. The molecule has 0 unspecified atom stereocenters. The Hall–Kier alpha value is -5.65. The minimum Gasteiger partial charge on any atom is -0.543 e. The summed E-state index contributed by atoms with van der Waals surface area (Å²) in [4.78, 5) is 87.3. The Morgan fingerprint density at radius 3 is 1.03 bits per heavy atom. The third-order valence-corrected chi connectivity index (χ3v) is 33.0. The van der Waals surface area contributed by atoms with Crippen molar-refractivity contribution in [2.45, 2.75) is 201 Å². The monoisotopic (exact) mass is 1810 g/mol. The first kappa shape index (κ1) is 113. The van der Waals surface area contributed by atoms with Crippen LogP contribution in [0.4, 0.5) is 0 Å². The number of benzene rings is 4. The van der Waals surface area contributed by atoms with E-state index in [0.29, 0.717) is 75.1 Å². The Balaban J connectivity index is -0.000000288. The molecule has 0 aromatic heterocycles. The van der Waals surface area contributed by atoms with E-state index in [9.17, 15) is 63.9 Å². The van der Waals surface area contributed by atoms with Crippen molar-refractivity contribution in [1.82, 2.24) is 0 Å². The van der Waals surface area contributed by atoms with Crippen LogP contribution in [0, 0.1) is 13.8 Å². The number of methoxy groups -OCH3 is 6. The second-order valence-corrected chi connectivity index (χ2v) is 47.6. The van der Waals surface area contributed by atoms with Crippen LogP contribution in [-0.4, -0.2) is 191 Å². The SMILES string of the molecule is C=CCBr.C=CCCc1c(Cl)c(O)cc(O)c1C(=O)OC.C=CCCc1c(Cl)c(O)cc(O)c1C(=O)OC.CC(C)(C)[Si](C)(C)Cl.CC[CH2][Sn].COC(=O)CC(C)=O.COC(=O)CC(C)=O.COC(=O)c1c(C)cc(O)cc1O.COC(=O)c1c(O[Si](C)(C)C(C)(C)C)cc(O[Si](C)(C)C(C)(C)C)c(Cl)c1C.[Li]. The number of hydrogen-bond donors (Lipinski definition) is 6. The molecule has 0 atom stereocenters. The molecule has 0 bridgehead atoms. The van der Waals surface area contributed by atoms with Crippen molar-refractivity contribution >= 4 is 175 Å². The molecular formula is C76H116BrCl4LiO22Si3Sn. The molecule has 108 heavy (non-hydrogen) atoms. The smallest absolute Gasteiger partial charge is 0.341 e. The molecule has 4 aromatic carbocycles. The number of ether oxygens (including phenoxy) is 6. The van der Waals surface area contributed by atoms with Gasteiger partial charge in [0.25, 0.3) is 16.6 Å². The maximum absolute atomic E-state index is 12.5. The molecule has 4 radical (unpaired) electrons. The van der Waals surface area contributed by atoms with Gasteiger partial charge < -0.3 is 67.9 Å². The normalized spacial score (nSPS) is 10.6. The summed E-state index contributed by atoms with van der Waals surface area (Å²) in [6, 6.07) is 6.30. The number of esters is 6. The second kappa shape index (κ2) is 54.9. The van der Waals surface area contributed by atoms with Crippen LogP contribution in [0.15, 0.2) is 68.3 Å².